The number of carbonyl (C=O) groups excluding carboxylic acids is 1. The van der Waals surface area contributed by atoms with Crippen LogP contribution in [0.5, 0.6) is 0 Å². The number of nitrogens with zero attached hydrogens (tertiary/aromatic N) is 1. The summed E-state index contributed by atoms with van der Waals surface area (Å²) >= 11 is 0. The highest BCUT2D eigenvalue weighted by atomic mass is 32.2. The third-order valence-electron chi connectivity index (χ3n) is 3.85. The Morgan fingerprint density at radius 2 is 1.96 bits per heavy atom. The van der Waals surface area contributed by atoms with Gasteiger partial charge in [0.05, 0.1) is 19.5 Å². The monoisotopic (exact) mass is 368 g/mol. The van der Waals surface area contributed by atoms with Crippen LogP contribution in [0.2, 0.25) is 0 Å². The van der Waals surface area contributed by atoms with Gasteiger partial charge < -0.3 is 14.5 Å². The fourth-order valence-corrected chi connectivity index (χ4v) is 4.00. The van der Waals surface area contributed by atoms with Crippen LogP contribution in [0.3, 0.4) is 0 Å². The van der Waals surface area contributed by atoms with E-state index in [-0.39, 0.29) is 37.8 Å². The van der Waals surface area contributed by atoms with E-state index in [1.165, 1.54) is 12.3 Å². The SMILES string of the molecule is Cc1ccoc1C(=O)Nc1ccc(F)c(S(=O)(=O)N2CCOCC2)c1. The zero-order valence-corrected chi connectivity index (χ0v) is 14.3. The second kappa shape index (κ2) is 6.95. The lowest BCUT2D eigenvalue weighted by Gasteiger charge is -2.26. The van der Waals surface area contributed by atoms with E-state index in [1.807, 2.05) is 0 Å². The van der Waals surface area contributed by atoms with Gasteiger partial charge in [-0.1, -0.05) is 0 Å². The molecule has 1 aliphatic heterocycles. The zero-order valence-electron chi connectivity index (χ0n) is 13.5. The number of hydrogen-bond acceptors (Lipinski definition) is 5. The summed E-state index contributed by atoms with van der Waals surface area (Å²) in [6.07, 6.45) is 1.38. The molecular formula is C16H17FN2O5S. The Hall–Kier alpha value is -2.23. The fraction of sp³-hybridized carbons (Fsp3) is 0.312. The quantitative estimate of drug-likeness (QED) is 0.892. The number of anilines is 1. The minimum absolute atomic E-state index is 0.113. The normalized spacial score (nSPS) is 15.9. The van der Waals surface area contributed by atoms with Gasteiger partial charge in [-0.05, 0) is 31.2 Å². The summed E-state index contributed by atoms with van der Waals surface area (Å²) in [6, 6.07) is 5.05. The fourth-order valence-electron chi connectivity index (χ4n) is 2.50. The lowest BCUT2D eigenvalue weighted by Crippen LogP contribution is -2.40. The number of rotatable bonds is 4. The second-order valence-corrected chi connectivity index (χ2v) is 7.45. The van der Waals surface area contributed by atoms with Crippen LogP contribution >= 0.6 is 0 Å². The first kappa shape index (κ1) is 17.6. The summed E-state index contributed by atoms with van der Waals surface area (Å²) in [7, 11) is -4.01. The predicted molar refractivity (Wildman–Crippen MR) is 87.4 cm³/mol. The molecule has 0 bridgehead atoms. The summed E-state index contributed by atoms with van der Waals surface area (Å²) in [6.45, 7) is 2.54. The molecule has 0 saturated carbocycles. The molecular weight excluding hydrogens is 351 g/mol. The van der Waals surface area contributed by atoms with Crippen LogP contribution in [0.15, 0.2) is 39.8 Å². The van der Waals surface area contributed by atoms with E-state index in [4.69, 9.17) is 9.15 Å². The molecule has 9 heteroatoms. The van der Waals surface area contributed by atoms with Crippen LogP contribution in [-0.4, -0.2) is 44.9 Å². The smallest absolute Gasteiger partial charge is 0.291 e. The van der Waals surface area contributed by atoms with Crippen molar-refractivity contribution in [2.45, 2.75) is 11.8 Å². The van der Waals surface area contributed by atoms with Gasteiger partial charge in [-0.2, -0.15) is 4.31 Å². The summed E-state index contributed by atoms with van der Waals surface area (Å²) in [5.74, 6) is -1.30. The minimum atomic E-state index is -4.01. The van der Waals surface area contributed by atoms with E-state index < -0.39 is 26.6 Å². The van der Waals surface area contributed by atoms with Gasteiger partial charge in [0.2, 0.25) is 10.0 Å². The summed E-state index contributed by atoms with van der Waals surface area (Å²) in [5, 5.41) is 2.52. The van der Waals surface area contributed by atoms with Crippen LogP contribution in [0.1, 0.15) is 16.1 Å². The summed E-state index contributed by atoms with van der Waals surface area (Å²) in [5.41, 5.74) is 0.801. The number of benzene rings is 1. The molecule has 0 radical (unpaired) electrons. The lowest BCUT2D eigenvalue weighted by atomic mass is 10.2. The number of furan rings is 1. The van der Waals surface area contributed by atoms with Gasteiger partial charge in [-0.15, -0.1) is 0 Å². The van der Waals surface area contributed by atoms with Gasteiger partial charge in [0.15, 0.2) is 5.76 Å². The molecule has 2 aromatic rings. The molecule has 0 unspecified atom stereocenters. The Morgan fingerprint density at radius 1 is 1.24 bits per heavy atom. The Labute approximate surface area is 144 Å². The highest BCUT2D eigenvalue weighted by Gasteiger charge is 2.29. The van der Waals surface area contributed by atoms with E-state index in [0.29, 0.717) is 5.56 Å². The molecule has 3 rings (SSSR count). The summed E-state index contributed by atoms with van der Waals surface area (Å²) in [4.78, 5) is 11.7. The van der Waals surface area contributed by atoms with Gasteiger partial charge >= 0.3 is 0 Å². The largest absolute Gasteiger partial charge is 0.459 e. The van der Waals surface area contributed by atoms with E-state index in [9.17, 15) is 17.6 Å². The van der Waals surface area contributed by atoms with Crippen LogP contribution in [0.4, 0.5) is 10.1 Å². The maximum atomic E-state index is 14.1. The maximum Gasteiger partial charge on any atom is 0.291 e. The Bertz CT molecular complexity index is 888. The molecule has 1 N–H and O–H groups in total. The van der Waals surface area contributed by atoms with Crippen molar-refractivity contribution in [1.29, 1.82) is 0 Å². The third kappa shape index (κ3) is 3.58. The molecule has 25 heavy (non-hydrogen) atoms. The van der Waals surface area contributed by atoms with E-state index >= 15 is 0 Å². The van der Waals surface area contributed by atoms with Crippen molar-refractivity contribution in [1.82, 2.24) is 4.31 Å². The van der Waals surface area contributed by atoms with Crippen molar-refractivity contribution in [3.63, 3.8) is 0 Å². The first-order chi connectivity index (χ1) is 11.9. The number of aryl methyl sites for hydroxylation is 1. The Balaban J connectivity index is 1.88. The van der Waals surface area contributed by atoms with Gasteiger partial charge in [-0.25, -0.2) is 12.8 Å². The molecule has 134 valence electrons. The lowest BCUT2D eigenvalue weighted by molar-refractivity contribution is 0.0729. The number of amides is 1. The van der Waals surface area contributed by atoms with Crippen LogP contribution in [-0.2, 0) is 14.8 Å². The molecule has 1 aliphatic rings. The number of carbonyl (C=O) groups is 1. The molecule has 1 aromatic carbocycles. The van der Waals surface area contributed by atoms with Crippen LogP contribution in [0.25, 0.3) is 0 Å². The van der Waals surface area contributed by atoms with Gasteiger partial charge in [0, 0.05) is 24.3 Å². The highest BCUT2D eigenvalue weighted by molar-refractivity contribution is 7.89. The number of nitrogens with one attached hydrogen (secondary N) is 1. The molecule has 0 aliphatic carbocycles. The topological polar surface area (TPSA) is 88.8 Å². The highest BCUT2D eigenvalue weighted by Crippen LogP contribution is 2.24. The molecule has 0 atom stereocenters. The Morgan fingerprint density at radius 3 is 2.60 bits per heavy atom. The molecule has 1 amide bonds. The van der Waals surface area contributed by atoms with Crippen molar-refractivity contribution in [3.8, 4) is 0 Å². The molecule has 1 saturated heterocycles. The first-order valence-electron chi connectivity index (χ1n) is 7.62. The zero-order chi connectivity index (χ0) is 18.0. The van der Waals surface area contributed by atoms with Gasteiger partial charge in [0.1, 0.15) is 10.7 Å². The van der Waals surface area contributed by atoms with Crippen LogP contribution in [0, 0.1) is 12.7 Å². The van der Waals surface area contributed by atoms with Crippen molar-refractivity contribution in [3.05, 3.63) is 47.7 Å². The van der Waals surface area contributed by atoms with Gasteiger partial charge in [0.25, 0.3) is 5.91 Å². The molecule has 2 heterocycles. The number of sulfonamides is 1. The van der Waals surface area contributed by atoms with Crippen molar-refractivity contribution < 1.29 is 26.8 Å². The summed E-state index contributed by atoms with van der Waals surface area (Å²) < 4.78 is 50.8. The average molecular weight is 368 g/mol. The third-order valence-corrected chi connectivity index (χ3v) is 5.76. The predicted octanol–water partition coefficient (Wildman–Crippen LogP) is 2.00. The van der Waals surface area contributed by atoms with Gasteiger partial charge in [-0.3, -0.25) is 4.79 Å². The number of ether oxygens (including phenoxy) is 1. The molecule has 0 spiro atoms. The van der Waals surface area contributed by atoms with E-state index in [2.05, 4.69) is 5.32 Å². The number of morpholine rings is 1. The van der Waals surface area contributed by atoms with E-state index in [1.54, 1.807) is 13.0 Å². The first-order valence-corrected chi connectivity index (χ1v) is 9.06. The van der Waals surface area contributed by atoms with Crippen molar-refractivity contribution in [2.75, 3.05) is 31.6 Å². The number of hydrogen-bond donors (Lipinski definition) is 1. The van der Waals surface area contributed by atoms with E-state index in [0.717, 1.165) is 16.4 Å². The molecule has 1 fully saturated rings. The standard InChI is InChI=1S/C16H17FN2O5S/c1-11-4-7-24-15(11)16(20)18-12-2-3-13(17)14(10-12)25(21,22)19-5-8-23-9-6-19/h2-4,7,10H,5-6,8-9H2,1H3,(H,18,20). The Kier molecular flexibility index (Phi) is 4.89. The van der Waals surface area contributed by atoms with Crippen molar-refractivity contribution >= 4 is 21.6 Å². The second-order valence-electron chi connectivity index (χ2n) is 5.55. The average Bonchev–Trinajstić information content (AvgIpc) is 3.03. The van der Waals surface area contributed by atoms with Crippen LogP contribution < -0.4 is 5.32 Å². The molecule has 1 aromatic heterocycles. The van der Waals surface area contributed by atoms with Crippen molar-refractivity contribution in [2.24, 2.45) is 0 Å². The minimum Gasteiger partial charge on any atom is -0.459 e. The number of halogens is 1. The molecule has 7 nitrogen and oxygen atoms in total. The maximum absolute atomic E-state index is 14.1.